The summed E-state index contributed by atoms with van der Waals surface area (Å²) in [4.78, 5) is 16.3. The fourth-order valence-electron chi connectivity index (χ4n) is 2.58. The molecule has 1 atom stereocenters. The highest BCUT2D eigenvalue weighted by Crippen LogP contribution is 2.36. The molecule has 1 fully saturated rings. The number of anilines is 1. The Labute approximate surface area is 159 Å². The molecule has 1 saturated heterocycles. The number of nitrogens with zero attached hydrogens (tertiary/aromatic N) is 2. The third-order valence-corrected chi connectivity index (χ3v) is 4.75. The molecule has 0 spiro atoms. The summed E-state index contributed by atoms with van der Waals surface area (Å²) in [6.45, 7) is 6.56. The van der Waals surface area contributed by atoms with Crippen LogP contribution in [0.3, 0.4) is 0 Å². The molecule has 0 aromatic heterocycles. The van der Waals surface area contributed by atoms with Gasteiger partial charge in [-0.3, -0.25) is 4.79 Å². The highest BCUT2D eigenvalue weighted by atomic mass is 35.5. The molecule has 0 aliphatic carbocycles. The maximum Gasteiger partial charge on any atom is 0.239 e. The lowest BCUT2D eigenvalue weighted by molar-refractivity contribution is -0.133. The Kier molecular flexibility index (Phi) is 7.93. The van der Waals surface area contributed by atoms with Crippen molar-refractivity contribution < 1.29 is 9.53 Å². The number of carbonyl (C=O) groups is 1. The van der Waals surface area contributed by atoms with Gasteiger partial charge in [-0.05, 0) is 12.0 Å². The van der Waals surface area contributed by atoms with E-state index in [2.05, 4.69) is 4.90 Å². The summed E-state index contributed by atoms with van der Waals surface area (Å²) < 4.78 is 5.25. The Hall–Kier alpha value is -0.880. The number of halogens is 3. The summed E-state index contributed by atoms with van der Waals surface area (Å²) in [5.41, 5.74) is 6.83. The quantitative estimate of drug-likeness (QED) is 0.850. The minimum absolute atomic E-state index is 0. The number of benzene rings is 1. The van der Waals surface area contributed by atoms with E-state index in [0.717, 1.165) is 5.69 Å². The Balaban J connectivity index is 0.00000288. The third-order valence-electron chi connectivity index (χ3n) is 4.16. The fraction of sp³-hybridized carbons (Fsp3) is 0.562. The Morgan fingerprint density at radius 2 is 1.75 bits per heavy atom. The van der Waals surface area contributed by atoms with Crippen LogP contribution in [0.4, 0.5) is 5.69 Å². The molecular formula is C16H24Cl3N3O2. The second-order valence-electron chi connectivity index (χ2n) is 6.02. The van der Waals surface area contributed by atoms with Gasteiger partial charge in [0.2, 0.25) is 5.91 Å². The average molecular weight is 397 g/mol. The largest absolute Gasteiger partial charge is 0.495 e. The molecule has 1 aliphatic rings. The van der Waals surface area contributed by atoms with Crippen LogP contribution in [0.1, 0.15) is 13.8 Å². The minimum Gasteiger partial charge on any atom is -0.495 e. The smallest absolute Gasteiger partial charge is 0.239 e. The highest BCUT2D eigenvalue weighted by molar-refractivity contribution is 6.37. The molecule has 1 unspecified atom stereocenters. The molecule has 2 N–H and O–H groups in total. The van der Waals surface area contributed by atoms with Gasteiger partial charge in [-0.2, -0.15) is 0 Å². The van der Waals surface area contributed by atoms with Gasteiger partial charge in [-0.25, -0.2) is 0 Å². The molecule has 2 rings (SSSR count). The third kappa shape index (κ3) is 4.60. The number of rotatable bonds is 4. The lowest BCUT2D eigenvalue weighted by Crippen LogP contribution is -2.54. The van der Waals surface area contributed by atoms with E-state index in [4.69, 9.17) is 33.7 Å². The zero-order chi connectivity index (χ0) is 17.1. The molecule has 1 aromatic rings. The fourth-order valence-corrected chi connectivity index (χ4v) is 3.16. The van der Waals surface area contributed by atoms with Gasteiger partial charge in [0, 0.05) is 32.2 Å². The van der Waals surface area contributed by atoms with Crippen LogP contribution >= 0.6 is 35.6 Å². The maximum absolute atomic E-state index is 12.3. The predicted octanol–water partition coefficient (Wildman–Crippen LogP) is 3.06. The van der Waals surface area contributed by atoms with Gasteiger partial charge in [-0.15, -0.1) is 12.4 Å². The number of amides is 1. The van der Waals surface area contributed by atoms with Gasteiger partial charge < -0.3 is 20.3 Å². The number of ether oxygens (including phenoxy) is 1. The van der Waals surface area contributed by atoms with E-state index in [9.17, 15) is 4.79 Å². The van der Waals surface area contributed by atoms with Crippen molar-refractivity contribution in [2.45, 2.75) is 19.9 Å². The van der Waals surface area contributed by atoms with E-state index in [1.165, 1.54) is 0 Å². The SMILES string of the molecule is COc1cc(N2CCN(C(=O)C(N)C(C)C)CC2)c(Cl)cc1Cl.Cl. The first-order valence-corrected chi connectivity index (χ1v) is 8.43. The molecular weight excluding hydrogens is 373 g/mol. The highest BCUT2D eigenvalue weighted by Gasteiger charge is 2.27. The monoisotopic (exact) mass is 395 g/mol. The second-order valence-corrected chi connectivity index (χ2v) is 6.83. The lowest BCUT2D eigenvalue weighted by atomic mass is 10.0. The summed E-state index contributed by atoms with van der Waals surface area (Å²) in [6, 6.07) is 3.08. The molecule has 1 heterocycles. The van der Waals surface area contributed by atoms with Crippen molar-refractivity contribution in [1.82, 2.24) is 4.90 Å². The first-order valence-electron chi connectivity index (χ1n) is 7.67. The molecule has 0 saturated carbocycles. The molecule has 1 amide bonds. The van der Waals surface area contributed by atoms with E-state index in [0.29, 0.717) is 42.0 Å². The predicted molar refractivity (Wildman–Crippen MR) is 102 cm³/mol. The van der Waals surface area contributed by atoms with Gasteiger partial charge in [0.1, 0.15) is 5.75 Å². The van der Waals surface area contributed by atoms with Crippen molar-refractivity contribution in [3.63, 3.8) is 0 Å². The van der Waals surface area contributed by atoms with Crippen molar-refractivity contribution in [2.24, 2.45) is 11.7 Å². The summed E-state index contributed by atoms with van der Waals surface area (Å²) in [5.74, 6) is 0.737. The summed E-state index contributed by atoms with van der Waals surface area (Å²) in [6.07, 6.45) is 0. The van der Waals surface area contributed by atoms with Crippen molar-refractivity contribution in [3.8, 4) is 5.75 Å². The number of nitrogens with two attached hydrogens (primary N) is 1. The Morgan fingerprint density at radius 1 is 1.17 bits per heavy atom. The van der Waals surface area contributed by atoms with Gasteiger partial charge in [0.25, 0.3) is 0 Å². The van der Waals surface area contributed by atoms with Crippen LogP contribution in [0.2, 0.25) is 10.0 Å². The molecule has 1 aromatic carbocycles. The number of carbonyl (C=O) groups excluding carboxylic acids is 1. The van der Waals surface area contributed by atoms with Gasteiger partial charge >= 0.3 is 0 Å². The number of hydrogen-bond donors (Lipinski definition) is 1. The zero-order valence-electron chi connectivity index (χ0n) is 14.1. The topological polar surface area (TPSA) is 58.8 Å². The van der Waals surface area contributed by atoms with Crippen LogP contribution in [-0.2, 0) is 4.79 Å². The van der Waals surface area contributed by atoms with Crippen molar-refractivity contribution >= 4 is 47.2 Å². The Bertz CT molecular complexity index is 576. The summed E-state index contributed by atoms with van der Waals surface area (Å²) in [5, 5.41) is 1.06. The van der Waals surface area contributed by atoms with E-state index < -0.39 is 6.04 Å². The summed E-state index contributed by atoms with van der Waals surface area (Å²) >= 11 is 12.4. The number of hydrogen-bond acceptors (Lipinski definition) is 4. The minimum atomic E-state index is -0.444. The van der Waals surface area contributed by atoms with Gasteiger partial charge in [-0.1, -0.05) is 37.0 Å². The lowest BCUT2D eigenvalue weighted by Gasteiger charge is -2.38. The Morgan fingerprint density at radius 3 is 2.25 bits per heavy atom. The van der Waals surface area contributed by atoms with E-state index in [1.54, 1.807) is 13.2 Å². The summed E-state index contributed by atoms with van der Waals surface area (Å²) in [7, 11) is 1.57. The van der Waals surface area contributed by atoms with Crippen LogP contribution in [-0.4, -0.2) is 50.1 Å². The van der Waals surface area contributed by atoms with Crippen LogP contribution in [0.15, 0.2) is 12.1 Å². The van der Waals surface area contributed by atoms with E-state index in [-0.39, 0.29) is 24.2 Å². The normalized spacial score (nSPS) is 16.0. The van der Waals surface area contributed by atoms with Crippen molar-refractivity contribution in [2.75, 3.05) is 38.2 Å². The molecule has 8 heteroatoms. The van der Waals surface area contributed by atoms with Crippen LogP contribution < -0.4 is 15.4 Å². The molecule has 0 bridgehead atoms. The zero-order valence-corrected chi connectivity index (χ0v) is 16.4. The average Bonchev–Trinajstić information content (AvgIpc) is 2.54. The molecule has 24 heavy (non-hydrogen) atoms. The van der Waals surface area contributed by atoms with Crippen LogP contribution in [0.5, 0.6) is 5.75 Å². The van der Waals surface area contributed by atoms with Crippen molar-refractivity contribution in [3.05, 3.63) is 22.2 Å². The standard InChI is InChI=1S/C16H23Cl2N3O2.ClH/c1-10(2)15(19)16(22)21-6-4-20(5-7-21)13-9-14(23-3)12(18)8-11(13)17;/h8-10,15H,4-7,19H2,1-3H3;1H. The molecule has 0 radical (unpaired) electrons. The molecule has 5 nitrogen and oxygen atoms in total. The second kappa shape index (κ2) is 8.99. The van der Waals surface area contributed by atoms with E-state index >= 15 is 0 Å². The van der Waals surface area contributed by atoms with Gasteiger partial charge in [0.05, 0.1) is 28.9 Å². The van der Waals surface area contributed by atoms with Crippen LogP contribution in [0, 0.1) is 5.92 Å². The number of piperazine rings is 1. The first-order chi connectivity index (χ1) is 10.8. The number of methoxy groups -OCH3 is 1. The molecule has 1 aliphatic heterocycles. The molecule has 136 valence electrons. The van der Waals surface area contributed by atoms with Gasteiger partial charge in [0.15, 0.2) is 0 Å². The first kappa shape index (κ1) is 21.2. The maximum atomic E-state index is 12.3. The van der Waals surface area contributed by atoms with Crippen LogP contribution in [0.25, 0.3) is 0 Å². The van der Waals surface area contributed by atoms with Crippen molar-refractivity contribution in [1.29, 1.82) is 0 Å². The van der Waals surface area contributed by atoms with E-state index in [1.807, 2.05) is 24.8 Å².